The minimum Gasteiger partial charge on any atom is -0.462 e. The van der Waals surface area contributed by atoms with E-state index in [1.807, 2.05) is 60.7 Å². The molecule has 6 heteroatoms. The van der Waals surface area contributed by atoms with Crippen LogP contribution in [0.15, 0.2) is 60.7 Å². The summed E-state index contributed by atoms with van der Waals surface area (Å²) in [6, 6.07) is 18.9. The lowest BCUT2D eigenvalue weighted by Crippen LogP contribution is -2.23. The van der Waals surface area contributed by atoms with Gasteiger partial charge in [0.15, 0.2) is 5.78 Å². The Hall–Kier alpha value is -3.25. The van der Waals surface area contributed by atoms with Gasteiger partial charge in [0.25, 0.3) is 0 Å². The third kappa shape index (κ3) is 4.49. The number of ether oxygens (including phenoxy) is 1. The maximum absolute atomic E-state index is 13.4. The summed E-state index contributed by atoms with van der Waals surface area (Å²) in [5.74, 6) is -1.56. The molecular weight excluding hydrogens is 398 g/mol. The van der Waals surface area contributed by atoms with E-state index in [1.165, 1.54) is 6.92 Å². The highest BCUT2D eigenvalue weighted by molar-refractivity contribution is 7.18. The fraction of sp³-hybridized carbons (Fsp3) is 0.208. The number of rotatable bonds is 7. The number of carbonyl (C=O) groups excluding carboxylic acids is 3. The summed E-state index contributed by atoms with van der Waals surface area (Å²) in [5.41, 5.74) is 2.43. The second-order valence-electron chi connectivity index (χ2n) is 6.78. The molecule has 3 rings (SSSR count). The first-order valence-electron chi connectivity index (χ1n) is 9.66. The Kier molecular flexibility index (Phi) is 6.79. The number of Topliss-reactive ketones (excluding diaryl/α,β-unsaturated/α-hetero) is 1. The molecule has 0 saturated heterocycles. The first-order valence-corrected chi connectivity index (χ1v) is 10.5. The van der Waals surface area contributed by atoms with Crippen LogP contribution in [0.5, 0.6) is 0 Å². The molecule has 0 fully saturated rings. The standard InChI is InChI=1S/C24H23NO4S/c1-4-29-24(28)19-15(2)21(16(3)26)30-23(19)25-22(27)20(17-11-7-5-8-12-17)18-13-9-6-10-14-18/h5-14,20H,4H2,1-3H3,(H,25,27). The summed E-state index contributed by atoms with van der Waals surface area (Å²) in [6.07, 6.45) is 0. The van der Waals surface area contributed by atoms with E-state index in [1.54, 1.807) is 13.8 Å². The molecule has 0 aliphatic heterocycles. The molecule has 0 bridgehead atoms. The van der Waals surface area contributed by atoms with Crippen LogP contribution in [0.2, 0.25) is 0 Å². The molecule has 2 aromatic carbocycles. The molecule has 154 valence electrons. The second kappa shape index (κ2) is 9.50. The number of thiophene rings is 1. The molecule has 1 amide bonds. The quantitative estimate of drug-likeness (QED) is 0.420. The number of amides is 1. The fourth-order valence-corrected chi connectivity index (χ4v) is 4.45. The highest BCUT2D eigenvalue weighted by Gasteiger charge is 2.28. The summed E-state index contributed by atoms with van der Waals surface area (Å²) in [5, 5.41) is 3.22. The number of hydrogen-bond acceptors (Lipinski definition) is 5. The van der Waals surface area contributed by atoms with Gasteiger partial charge >= 0.3 is 5.97 Å². The van der Waals surface area contributed by atoms with E-state index in [9.17, 15) is 14.4 Å². The first-order chi connectivity index (χ1) is 14.4. The van der Waals surface area contributed by atoms with Crippen LogP contribution in [0, 0.1) is 6.92 Å². The van der Waals surface area contributed by atoms with E-state index < -0.39 is 11.9 Å². The van der Waals surface area contributed by atoms with E-state index >= 15 is 0 Å². The summed E-state index contributed by atoms with van der Waals surface area (Å²) < 4.78 is 5.16. The van der Waals surface area contributed by atoms with Crippen molar-refractivity contribution in [2.45, 2.75) is 26.7 Å². The van der Waals surface area contributed by atoms with Crippen molar-refractivity contribution in [1.82, 2.24) is 0 Å². The van der Waals surface area contributed by atoms with E-state index in [4.69, 9.17) is 4.74 Å². The van der Waals surface area contributed by atoms with E-state index in [-0.39, 0.29) is 23.9 Å². The molecule has 30 heavy (non-hydrogen) atoms. The number of anilines is 1. The van der Waals surface area contributed by atoms with Crippen molar-refractivity contribution in [2.24, 2.45) is 0 Å². The normalized spacial score (nSPS) is 10.7. The maximum Gasteiger partial charge on any atom is 0.341 e. The number of nitrogens with one attached hydrogen (secondary N) is 1. The van der Waals surface area contributed by atoms with Gasteiger partial charge in [-0.2, -0.15) is 0 Å². The Morgan fingerprint density at radius 3 is 1.97 bits per heavy atom. The average Bonchev–Trinajstić information content (AvgIpc) is 3.06. The fourth-order valence-electron chi connectivity index (χ4n) is 3.36. The Morgan fingerprint density at radius 2 is 1.50 bits per heavy atom. The van der Waals surface area contributed by atoms with Gasteiger partial charge in [-0.15, -0.1) is 11.3 Å². The smallest absolute Gasteiger partial charge is 0.341 e. The monoisotopic (exact) mass is 421 g/mol. The largest absolute Gasteiger partial charge is 0.462 e. The molecule has 0 aliphatic carbocycles. The molecule has 0 atom stereocenters. The van der Waals surface area contributed by atoms with Gasteiger partial charge in [0.1, 0.15) is 5.00 Å². The van der Waals surface area contributed by atoms with Gasteiger partial charge in [0.05, 0.1) is 23.0 Å². The zero-order valence-electron chi connectivity index (χ0n) is 17.1. The lowest BCUT2D eigenvalue weighted by Gasteiger charge is -2.18. The zero-order chi connectivity index (χ0) is 21.7. The van der Waals surface area contributed by atoms with Crippen LogP contribution in [0.4, 0.5) is 5.00 Å². The van der Waals surface area contributed by atoms with Crippen LogP contribution in [-0.4, -0.2) is 24.3 Å². The van der Waals surface area contributed by atoms with E-state index in [0.717, 1.165) is 22.5 Å². The van der Waals surface area contributed by atoms with Crippen LogP contribution < -0.4 is 5.32 Å². The van der Waals surface area contributed by atoms with Crippen molar-refractivity contribution in [2.75, 3.05) is 11.9 Å². The Bertz CT molecular complexity index is 1020. The topological polar surface area (TPSA) is 72.5 Å². The van der Waals surface area contributed by atoms with Crippen LogP contribution in [-0.2, 0) is 9.53 Å². The molecule has 1 aromatic heterocycles. The van der Waals surface area contributed by atoms with Gasteiger partial charge in [-0.1, -0.05) is 60.7 Å². The molecule has 5 nitrogen and oxygen atoms in total. The number of carbonyl (C=O) groups is 3. The molecule has 0 radical (unpaired) electrons. The Labute approximate surface area is 179 Å². The van der Waals surface area contributed by atoms with Crippen LogP contribution >= 0.6 is 11.3 Å². The Morgan fingerprint density at radius 1 is 0.967 bits per heavy atom. The molecular formula is C24H23NO4S. The number of benzene rings is 2. The average molecular weight is 422 g/mol. The summed E-state index contributed by atoms with van der Waals surface area (Å²) in [7, 11) is 0. The van der Waals surface area contributed by atoms with Crippen molar-refractivity contribution in [3.63, 3.8) is 0 Å². The Balaban J connectivity index is 2.03. The molecule has 3 aromatic rings. The van der Waals surface area contributed by atoms with Gasteiger partial charge < -0.3 is 10.1 Å². The van der Waals surface area contributed by atoms with Gasteiger partial charge in [-0.3, -0.25) is 9.59 Å². The van der Waals surface area contributed by atoms with Crippen LogP contribution in [0.1, 0.15) is 56.5 Å². The van der Waals surface area contributed by atoms with Crippen molar-refractivity contribution in [3.05, 3.63) is 87.8 Å². The summed E-state index contributed by atoms with van der Waals surface area (Å²) in [6.45, 7) is 5.05. The molecule has 0 spiro atoms. The third-order valence-electron chi connectivity index (χ3n) is 4.71. The van der Waals surface area contributed by atoms with Gasteiger partial charge in [0, 0.05) is 0 Å². The predicted octanol–water partition coefficient (Wildman–Crippen LogP) is 5.21. The molecule has 0 saturated carbocycles. The highest BCUT2D eigenvalue weighted by atomic mass is 32.1. The molecule has 0 unspecified atom stereocenters. The van der Waals surface area contributed by atoms with Crippen molar-refractivity contribution < 1.29 is 19.1 Å². The van der Waals surface area contributed by atoms with Crippen molar-refractivity contribution >= 4 is 34.0 Å². The van der Waals surface area contributed by atoms with Gasteiger partial charge in [-0.25, -0.2) is 4.79 Å². The molecule has 1 N–H and O–H groups in total. The number of esters is 1. The molecule has 0 aliphatic rings. The molecule has 1 heterocycles. The third-order valence-corrected chi connectivity index (χ3v) is 6.02. The lowest BCUT2D eigenvalue weighted by molar-refractivity contribution is -0.116. The zero-order valence-corrected chi connectivity index (χ0v) is 17.9. The van der Waals surface area contributed by atoms with E-state index in [2.05, 4.69) is 5.32 Å². The predicted molar refractivity (Wildman–Crippen MR) is 118 cm³/mol. The SMILES string of the molecule is CCOC(=O)c1c(NC(=O)C(c2ccccc2)c2ccccc2)sc(C(C)=O)c1C. The summed E-state index contributed by atoms with van der Waals surface area (Å²) in [4.78, 5) is 38.4. The lowest BCUT2D eigenvalue weighted by atomic mass is 9.90. The maximum atomic E-state index is 13.4. The van der Waals surface area contributed by atoms with Crippen molar-refractivity contribution in [3.8, 4) is 0 Å². The first kappa shape index (κ1) is 21.5. The van der Waals surface area contributed by atoms with Gasteiger partial charge in [-0.05, 0) is 37.5 Å². The minimum absolute atomic E-state index is 0.161. The minimum atomic E-state index is -0.564. The van der Waals surface area contributed by atoms with Crippen LogP contribution in [0.25, 0.3) is 0 Å². The van der Waals surface area contributed by atoms with Crippen molar-refractivity contribution in [1.29, 1.82) is 0 Å². The summed E-state index contributed by atoms with van der Waals surface area (Å²) >= 11 is 1.10. The van der Waals surface area contributed by atoms with E-state index in [0.29, 0.717) is 15.4 Å². The second-order valence-corrected chi connectivity index (χ2v) is 7.80. The highest BCUT2D eigenvalue weighted by Crippen LogP contribution is 2.35. The number of hydrogen-bond donors (Lipinski definition) is 1. The number of ketones is 1. The van der Waals surface area contributed by atoms with Gasteiger partial charge in [0.2, 0.25) is 5.91 Å². The van der Waals surface area contributed by atoms with Crippen LogP contribution in [0.3, 0.4) is 0 Å².